The number of nitrogen functional groups attached to an aromatic ring is 2. The third-order valence-corrected chi connectivity index (χ3v) is 6.23. The van der Waals surface area contributed by atoms with E-state index in [1.807, 2.05) is 24.3 Å². The van der Waals surface area contributed by atoms with Gasteiger partial charge in [0, 0.05) is 31.0 Å². The van der Waals surface area contributed by atoms with Gasteiger partial charge in [0.05, 0.1) is 0 Å². The van der Waals surface area contributed by atoms with Crippen LogP contribution in [0.1, 0.15) is 0 Å². The summed E-state index contributed by atoms with van der Waals surface area (Å²) in [4.78, 5) is 4.85. The number of fused-ring (bicyclic) bond motifs is 1. The Morgan fingerprint density at radius 1 is 0.462 bits per heavy atom. The van der Waals surface area contributed by atoms with Gasteiger partial charge in [0.25, 0.3) is 0 Å². The average Bonchev–Trinajstić information content (AvgIpc) is 2.67. The molecule has 0 bridgehead atoms. The molecule has 0 saturated heterocycles. The van der Waals surface area contributed by atoms with Gasteiger partial charge in [-0.2, -0.15) is 0 Å². The zero-order valence-electron chi connectivity index (χ0n) is 14.1. The maximum absolute atomic E-state index is 5.79. The molecule has 4 heteroatoms. The van der Waals surface area contributed by atoms with Crippen molar-refractivity contribution < 1.29 is 0 Å². The third kappa shape index (κ3) is 3.66. The highest BCUT2D eigenvalue weighted by Gasteiger charge is 2.08. The quantitative estimate of drug-likeness (QED) is 0.411. The number of rotatable bonds is 4. The molecule has 4 N–H and O–H groups in total. The summed E-state index contributed by atoms with van der Waals surface area (Å²) >= 11 is 3.52. The second-order valence-corrected chi connectivity index (χ2v) is 8.18. The molecule has 0 aliphatic carbocycles. The van der Waals surface area contributed by atoms with E-state index in [1.54, 1.807) is 23.5 Å². The molecule has 0 aliphatic rings. The van der Waals surface area contributed by atoms with Crippen molar-refractivity contribution in [1.82, 2.24) is 0 Å². The van der Waals surface area contributed by atoms with Gasteiger partial charge in [-0.15, -0.1) is 0 Å². The van der Waals surface area contributed by atoms with Gasteiger partial charge in [0.15, 0.2) is 0 Å². The summed E-state index contributed by atoms with van der Waals surface area (Å²) in [6.07, 6.45) is 0. The summed E-state index contributed by atoms with van der Waals surface area (Å²) in [7, 11) is 0. The van der Waals surface area contributed by atoms with E-state index in [0.29, 0.717) is 0 Å². The van der Waals surface area contributed by atoms with E-state index in [4.69, 9.17) is 11.5 Å². The van der Waals surface area contributed by atoms with Crippen molar-refractivity contribution in [2.75, 3.05) is 11.5 Å². The Kier molecular flexibility index (Phi) is 4.78. The van der Waals surface area contributed by atoms with Crippen LogP contribution in [0.3, 0.4) is 0 Å². The first-order valence-electron chi connectivity index (χ1n) is 8.27. The fraction of sp³-hybridized carbons (Fsp3) is 0. The molecular formula is C22H18N2S2. The Balaban J connectivity index is 1.70. The van der Waals surface area contributed by atoms with Crippen LogP contribution in [0.25, 0.3) is 10.8 Å². The first kappa shape index (κ1) is 16.9. The highest BCUT2D eigenvalue weighted by atomic mass is 32.2. The molecule has 4 rings (SSSR count). The molecular weight excluding hydrogens is 356 g/mol. The lowest BCUT2D eigenvalue weighted by molar-refractivity contribution is 1.39. The van der Waals surface area contributed by atoms with Gasteiger partial charge in [0.2, 0.25) is 0 Å². The lowest BCUT2D eigenvalue weighted by atomic mass is 10.1. The standard InChI is InChI=1S/C22H18N2S2/c23-15-5-9-17(10-6-15)25-21-13-14-22(20-4-2-1-3-19(20)21)26-18-11-7-16(24)8-12-18/h1-14H,23-24H2. The van der Waals surface area contributed by atoms with E-state index in [0.717, 1.165) is 11.4 Å². The van der Waals surface area contributed by atoms with Gasteiger partial charge >= 0.3 is 0 Å². The zero-order valence-corrected chi connectivity index (χ0v) is 15.7. The van der Waals surface area contributed by atoms with Crippen LogP contribution >= 0.6 is 23.5 Å². The fourth-order valence-corrected chi connectivity index (χ4v) is 4.65. The number of hydrogen-bond acceptors (Lipinski definition) is 4. The van der Waals surface area contributed by atoms with E-state index in [-0.39, 0.29) is 0 Å². The van der Waals surface area contributed by atoms with Gasteiger partial charge < -0.3 is 11.5 Å². The minimum Gasteiger partial charge on any atom is -0.399 e. The number of hydrogen-bond donors (Lipinski definition) is 2. The zero-order chi connectivity index (χ0) is 17.9. The van der Waals surface area contributed by atoms with Crippen molar-refractivity contribution in [2.45, 2.75) is 19.6 Å². The van der Waals surface area contributed by atoms with Gasteiger partial charge in [-0.25, -0.2) is 0 Å². The smallest absolute Gasteiger partial charge is 0.0314 e. The molecule has 0 unspecified atom stereocenters. The molecule has 4 aromatic carbocycles. The molecule has 4 aromatic rings. The second-order valence-electron chi connectivity index (χ2n) is 5.95. The summed E-state index contributed by atoms with van der Waals surface area (Å²) in [5, 5.41) is 2.52. The van der Waals surface area contributed by atoms with Crippen molar-refractivity contribution in [3.63, 3.8) is 0 Å². The molecule has 0 aliphatic heterocycles. The Morgan fingerprint density at radius 2 is 0.846 bits per heavy atom. The molecule has 0 fully saturated rings. The molecule has 0 heterocycles. The third-order valence-electron chi connectivity index (χ3n) is 4.06. The Morgan fingerprint density at radius 3 is 1.23 bits per heavy atom. The summed E-state index contributed by atoms with van der Waals surface area (Å²) in [6.45, 7) is 0. The molecule has 128 valence electrons. The maximum Gasteiger partial charge on any atom is 0.0314 e. The van der Waals surface area contributed by atoms with E-state index < -0.39 is 0 Å². The van der Waals surface area contributed by atoms with Crippen molar-refractivity contribution in [2.24, 2.45) is 0 Å². The van der Waals surface area contributed by atoms with Gasteiger partial charge in [-0.3, -0.25) is 0 Å². The number of anilines is 2. The van der Waals surface area contributed by atoms with Crippen molar-refractivity contribution in [3.05, 3.63) is 84.9 Å². The van der Waals surface area contributed by atoms with Crippen LogP contribution in [0.2, 0.25) is 0 Å². The molecule has 0 aromatic heterocycles. The fourth-order valence-electron chi connectivity index (χ4n) is 2.75. The normalized spacial score (nSPS) is 10.9. The Labute approximate surface area is 161 Å². The van der Waals surface area contributed by atoms with Crippen molar-refractivity contribution in [1.29, 1.82) is 0 Å². The summed E-state index contributed by atoms with van der Waals surface area (Å²) < 4.78 is 0. The maximum atomic E-state index is 5.79. The van der Waals surface area contributed by atoms with Crippen LogP contribution in [0, 0.1) is 0 Å². The molecule has 0 amide bonds. The molecule has 0 saturated carbocycles. The number of nitrogens with two attached hydrogens (primary N) is 2. The van der Waals surface area contributed by atoms with Crippen LogP contribution in [-0.4, -0.2) is 0 Å². The number of benzene rings is 4. The molecule has 0 spiro atoms. The largest absolute Gasteiger partial charge is 0.399 e. The van der Waals surface area contributed by atoms with Crippen molar-refractivity contribution >= 4 is 45.7 Å². The highest BCUT2D eigenvalue weighted by molar-refractivity contribution is 8.00. The first-order chi connectivity index (χ1) is 12.7. The average molecular weight is 375 g/mol. The highest BCUT2D eigenvalue weighted by Crippen LogP contribution is 2.40. The van der Waals surface area contributed by atoms with Crippen LogP contribution in [0.5, 0.6) is 0 Å². The van der Waals surface area contributed by atoms with Gasteiger partial charge in [0.1, 0.15) is 0 Å². The van der Waals surface area contributed by atoms with Crippen molar-refractivity contribution in [3.8, 4) is 0 Å². The van der Waals surface area contributed by atoms with Gasteiger partial charge in [-0.05, 0) is 71.4 Å². The Bertz CT molecular complexity index is 956. The summed E-state index contributed by atoms with van der Waals surface area (Å²) in [6, 6.07) is 28.9. The molecule has 26 heavy (non-hydrogen) atoms. The van der Waals surface area contributed by atoms with E-state index >= 15 is 0 Å². The van der Waals surface area contributed by atoms with E-state index in [9.17, 15) is 0 Å². The van der Waals surface area contributed by atoms with Crippen LogP contribution in [-0.2, 0) is 0 Å². The summed E-state index contributed by atoms with van der Waals surface area (Å²) in [5.74, 6) is 0. The monoisotopic (exact) mass is 374 g/mol. The minimum atomic E-state index is 0.787. The molecule has 0 radical (unpaired) electrons. The lowest BCUT2D eigenvalue weighted by Crippen LogP contribution is -1.85. The van der Waals surface area contributed by atoms with Crippen LogP contribution < -0.4 is 11.5 Å². The predicted octanol–water partition coefficient (Wildman–Crippen LogP) is 6.31. The van der Waals surface area contributed by atoms with E-state index in [2.05, 4.69) is 60.7 Å². The first-order valence-corrected chi connectivity index (χ1v) is 9.91. The van der Waals surface area contributed by atoms with E-state index in [1.165, 1.54) is 30.4 Å². The SMILES string of the molecule is Nc1ccc(Sc2ccc(Sc3ccc(N)cc3)c3ccccc23)cc1. The van der Waals surface area contributed by atoms with Crippen LogP contribution in [0.4, 0.5) is 11.4 Å². The summed E-state index contributed by atoms with van der Waals surface area (Å²) in [5.41, 5.74) is 13.2. The van der Waals surface area contributed by atoms with Gasteiger partial charge in [-0.1, -0.05) is 47.8 Å². The minimum absolute atomic E-state index is 0.787. The molecule has 2 nitrogen and oxygen atoms in total. The molecule has 0 atom stereocenters. The van der Waals surface area contributed by atoms with Crippen LogP contribution in [0.15, 0.2) is 105 Å². The lowest BCUT2D eigenvalue weighted by Gasteiger charge is -2.11. The predicted molar refractivity (Wildman–Crippen MR) is 114 cm³/mol. The topological polar surface area (TPSA) is 52.0 Å². The Hall–Kier alpha value is -2.56. The second kappa shape index (κ2) is 7.36.